The average molecular weight is 374 g/mol. The molecule has 1 aliphatic rings. The topological polar surface area (TPSA) is 100 Å². The van der Waals surface area contributed by atoms with Gasteiger partial charge in [0.2, 0.25) is 10.0 Å². The van der Waals surface area contributed by atoms with Gasteiger partial charge in [-0.15, -0.1) is 0 Å². The molecule has 1 fully saturated rings. The molecule has 2 aromatic rings. The number of rotatable bonds is 8. The molecule has 138 valence electrons. The van der Waals surface area contributed by atoms with E-state index in [0.29, 0.717) is 12.1 Å². The zero-order valence-electron chi connectivity index (χ0n) is 14.3. The highest BCUT2D eigenvalue weighted by atomic mass is 32.2. The standard InChI is InChI=1S/C18H22N4O3S/c23-18(22-15-5-2-6-15)14-4-1-8-17(12-14)26(24,25)21-11-10-20-16-7-3-9-19-13-16/h1,3-4,7-9,12-13,15,20-21H,2,5-6,10-11H2,(H,22,23). The van der Waals surface area contributed by atoms with Crippen LogP contribution in [0.5, 0.6) is 0 Å². The minimum Gasteiger partial charge on any atom is -0.382 e. The largest absolute Gasteiger partial charge is 0.382 e. The third-order valence-electron chi connectivity index (χ3n) is 4.25. The number of nitrogens with one attached hydrogen (secondary N) is 3. The van der Waals surface area contributed by atoms with Gasteiger partial charge in [0.05, 0.1) is 10.6 Å². The number of carbonyl (C=O) groups excluding carboxylic acids is 1. The summed E-state index contributed by atoms with van der Waals surface area (Å²) >= 11 is 0. The van der Waals surface area contributed by atoms with Crippen molar-refractivity contribution in [1.29, 1.82) is 0 Å². The molecule has 7 nitrogen and oxygen atoms in total. The van der Waals surface area contributed by atoms with Crippen molar-refractivity contribution in [2.75, 3.05) is 18.4 Å². The SMILES string of the molecule is O=C(NC1CCC1)c1cccc(S(=O)(=O)NCCNc2cccnc2)c1. The van der Waals surface area contributed by atoms with Crippen LogP contribution in [0.4, 0.5) is 5.69 Å². The summed E-state index contributed by atoms with van der Waals surface area (Å²) in [5.41, 5.74) is 1.18. The number of hydrogen-bond acceptors (Lipinski definition) is 5. The van der Waals surface area contributed by atoms with Crippen molar-refractivity contribution in [3.05, 3.63) is 54.4 Å². The van der Waals surface area contributed by atoms with E-state index in [1.807, 2.05) is 6.07 Å². The molecule has 1 aromatic heterocycles. The van der Waals surface area contributed by atoms with Gasteiger partial charge >= 0.3 is 0 Å². The maximum Gasteiger partial charge on any atom is 0.251 e. The third-order valence-corrected chi connectivity index (χ3v) is 5.71. The van der Waals surface area contributed by atoms with Crippen LogP contribution in [0.2, 0.25) is 0 Å². The van der Waals surface area contributed by atoms with E-state index in [1.54, 1.807) is 30.6 Å². The summed E-state index contributed by atoms with van der Waals surface area (Å²) in [6.45, 7) is 0.641. The Hall–Kier alpha value is -2.45. The van der Waals surface area contributed by atoms with Crippen LogP contribution in [0.25, 0.3) is 0 Å². The molecular formula is C18H22N4O3S. The number of anilines is 1. The van der Waals surface area contributed by atoms with Crippen molar-refractivity contribution in [3.63, 3.8) is 0 Å². The molecule has 0 radical (unpaired) electrons. The van der Waals surface area contributed by atoms with E-state index in [9.17, 15) is 13.2 Å². The Labute approximate surface area is 153 Å². The second-order valence-electron chi connectivity index (χ2n) is 6.20. The number of carbonyl (C=O) groups is 1. The van der Waals surface area contributed by atoms with Crippen molar-refractivity contribution in [2.24, 2.45) is 0 Å². The van der Waals surface area contributed by atoms with Crippen molar-refractivity contribution < 1.29 is 13.2 Å². The second kappa shape index (κ2) is 8.29. The van der Waals surface area contributed by atoms with Gasteiger partial charge in [-0.05, 0) is 49.6 Å². The summed E-state index contributed by atoms with van der Waals surface area (Å²) in [5.74, 6) is -0.231. The van der Waals surface area contributed by atoms with Gasteiger partial charge in [0.15, 0.2) is 0 Å². The highest BCUT2D eigenvalue weighted by molar-refractivity contribution is 7.89. The van der Waals surface area contributed by atoms with Gasteiger partial charge < -0.3 is 10.6 Å². The molecule has 0 aliphatic heterocycles. The van der Waals surface area contributed by atoms with Gasteiger partial charge in [0.25, 0.3) is 5.91 Å². The molecular weight excluding hydrogens is 352 g/mol. The van der Waals surface area contributed by atoms with Crippen LogP contribution < -0.4 is 15.4 Å². The van der Waals surface area contributed by atoms with Gasteiger partial charge in [-0.25, -0.2) is 13.1 Å². The van der Waals surface area contributed by atoms with Crippen molar-refractivity contribution in [2.45, 2.75) is 30.2 Å². The van der Waals surface area contributed by atoms with E-state index >= 15 is 0 Å². The Balaban J connectivity index is 1.56. The van der Waals surface area contributed by atoms with E-state index < -0.39 is 10.0 Å². The maximum absolute atomic E-state index is 12.4. The Bertz CT molecular complexity index is 852. The summed E-state index contributed by atoms with van der Waals surface area (Å²) in [7, 11) is -3.68. The average Bonchev–Trinajstić information content (AvgIpc) is 2.63. The number of sulfonamides is 1. The lowest BCUT2D eigenvalue weighted by atomic mass is 9.93. The molecule has 1 aromatic carbocycles. The zero-order chi connectivity index (χ0) is 18.4. The zero-order valence-corrected chi connectivity index (χ0v) is 15.1. The lowest BCUT2D eigenvalue weighted by molar-refractivity contribution is 0.0916. The van der Waals surface area contributed by atoms with Crippen LogP contribution in [0.15, 0.2) is 53.7 Å². The predicted octanol–water partition coefficient (Wildman–Crippen LogP) is 1.75. The number of pyridine rings is 1. The lowest BCUT2D eigenvalue weighted by Crippen LogP contribution is -2.39. The number of benzene rings is 1. The highest BCUT2D eigenvalue weighted by Gasteiger charge is 2.21. The molecule has 1 saturated carbocycles. The summed E-state index contributed by atoms with van der Waals surface area (Å²) in [6.07, 6.45) is 6.42. The minimum absolute atomic E-state index is 0.0835. The Morgan fingerprint density at radius 3 is 2.69 bits per heavy atom. The lowest BCUT2D eigenvalue weighted by Gasteiger charge is -2.26. The molecule has 1 aliphatic carbocycles. The molecule has 3 N–H and O–H groups in total. The van der Waals surface area contributed by atoms with E-state index in [0.717, 1.165) is 24.9 Å². The number of hydrogen-bond donors (Lipinski definition) is 3. The minimum atomic E-state index is -3.68. The molecule has 1 amide bonds. The second-order valence-corrected chi connectivity index (χ2v) is 7.96. The molecule has 8 heteroatoms. The number of aromatic nitrogens is 1. The molecule has 0 atom stereocenters. The van der Waals surface area contributed by atoms with Crippen LogP contribution in [0.1, 0.15) is 29.6 Å². The molecule has 1 heterocycles. The predicted molar refractivity (Wildman–Crippen MR) is 99.5 cm³/mol. The first-order chi connectivity index (χ1) is 12.5. The van der Waals surface area contributed by atoms with E-state index in [2.05, 4.69) is 20.3 Å². The third kappa shape index (κ3) is 4.80. The fourth-order valence-electron chi connectivity index (χ4n) is 2.57. The smallest absolute Gasteiger partial charge is 0.251 e. The van der Waals surface area contributed by atoms with Crippen LogP contribution in [0, 0.1) is 0 Å². The van der Waals surface area contributed by atoms with Crippen LogP contribution in [-0.4, -0.2) is 38.4 Å². The van der Waals surface area contributed by atoms with E-state index in [4.69, 9.17) is 0 Å². The van der Waals surface area contributed by atoms with Gasteiger partial charge in [0, 0.05) is 37.1 Å². The van der Waals surface area contributed by atoms with Crippen LogP contribution >= 0.6 is 0 Å². The van der Waals surface area contributed by atoms with Crippen molar-refractivity contribution in [1.82, 2.24) is 15.0 Å². The Morgan fingerprint density at radius 1 is 1.15 bits per heavy atom. The van der Waals surface area contributed by atoms with Crippen molar-refractivity contribution in [3.8, 4) is 0 Å². The summed E-state index contributed by atoms with van der Waals surface area (Å²) in [5, 5.41) is 5.99. The first-order valence-electron chi connectivity index (χ1n) is 8.59. The first-order valence-corrected chi connectivity index (χ1v) is 10.1. The summed E-state index contributed by atoms with van der Waals surface area (Å²) < 4.78 is 27.4. The molecule has 3 rings (SSSR count). The molecule has 0 spiro atoms. The Morgan fingerprint density at radius 2 is 2.00 bits per heavy atom. The molecule has 0 unspecified atom stereocenters. The fraction of sp³-hybridized carbons (Fsp3) is 0.333. The number of nitrogens with zero attached hydrogens (tertiary/aromatic N) is 1. The van der Waals surface area contributed by atoms with E-state index in [1.165, 1.54) is 12.1 Å². The molecule has 0 bridgehead atoms. The quantitative estimate of drug-likeness (QED) is 0.611. The van der Waals surface area contributed by atoms with Gasteiger partial charge in [-0.2, -0.15) is 0 Å². The molecule has 0 saturated heterocycles. The summed E-state index contributed by atoms with van der Waals surface area (Å²) in [6, 6.07) is 9.95. The van der Waals surface area contributed by atoms with Gasteiger partial charge in [0.1, 0.15) is 0 Å². The number of amides is 1. The van der Waals surface area contributed by atoms with Crippen molar-refractivity contribution >= 4 is 21.6 Å². The van der Waals surface area contributed by atoms with E-state index in [-0.39, 0.29) is 23.4 Å². The highest BCUT2D eigenvalue weighted by Crippen LogP contribution is 2.19. The summed E-state index contributed by atoms with van der Waals surface area (Å²) in [4.78, 5) is 16.3. The van der Waals surface area contributed by atoms with Gasteiger partial charge in [-0.1, -0.05) is 6.07 Å². The maximum atomic E-state index is 12.4. The normalized spacial score (nSPS) is 14.5. The van der Waals surface area contributed by atoms with Gasteiger partial charge in [-0.3, -0.25) is 9.78 Å². The fourth-order valence-corrected chi connectivity index (χ4v) is 3.65. The monoisotopic (exact) mass is 374 g/mol. The molecule has 26 heavy (non-hydrogen) atoms. The Kier molecular flexibility index (Phi) is 5.85. The van der Waals surface area contributed by atoms with Crippen LogP contribution in [-0.2, 0) is 10.0 Å². The van der Waals surface area contributed by atoms with Crippen LogP contribution in [0.3, 0.4) is 0 Å². The first kappa shape index (κ1) is 18.3.